The van der Waals surface area contributed by atoms with Crippen molar-refractivity contribution in [2.45, 2.75) is 78.0 Å². The molecule has 0 spiro atoms. The van der Waals surface area contributed by atoms with Crippen LogP contribution in [0.5, 0.6) is 0 Å². The molecule has 0 bridgehead atoms. The van der Waals surface area contributed by atoms with E-state index in [1.165, 1.54) is 24.3 Å². The summed E-state index contributed by atoms with van der Waals surface area (Å²) in [6, 6.07) is 8.61. The zero-order valence-electron chi connectivity index (χ0n) is 31.0. The van der Waals surface area contributed by atoms with Gasteiger partial charge in [-0.15, -0.1) is 12.4 Å². The van der Waals surface area contributed by atoms with Crippen molar-refractivity contribution in [3.63, 3.8) is 0 Å². The van der Waals surface area contributed by atoms with E-state index in [2.05, 4.69) is 25.3 Å². The van der Waals surface area contributed by atoms with Gasteiger partial charge in [0.15, 0.2) is 0 Å². The van der Waals surface area contributed by atoms with E-state index in [1.54, 1.807) is 21.9 Å². The number of halogens is 3. The molecule has 3 N–H and O–H groups in total. The molecule has 6 rings (SSSR count). The topological polar surface area (TPSA) is 174 Å². The van der Waals surface area contributed by atoms with Gasteiger partial charge in [-0.25, -0.2) is 23.5 Å². The molecule has 2 aromatic carbocycles. The maximum absolute atomic E-state index is 13.8. The fraction of sp³-hybridized carbons (Fsp3) is 0.486. The van der Waals surface area contributed by atoms with Crippen LogP contribution in [-0.4, -0.2) is 109 Å². The minimum absolute atomic E-state index is 0. The normalized spacial score (nSPS) is 17.4. The average molecular weight is 773 g/mol. The van der Waals surface area contributed by atoms with Crippen LogP contribution in [0.15, 0.2) is 46.0 Å². The molecule has 0 radical (unpaired) electrons. The van der Waals surface area contributed by atoms with Gasteiger partial charge in [-0.2, -0.15) is 0 Å². The van der Waals surface area contributed by atoms with Crippen molar-refractivity contribution >= 4 is 52.1 Å². The number of H-pyrrole nitrogens is 2. The molecule has 0 saturated carbocycles. The van der Waals surface area contributed by atoms with Crippen LogP contribution < -0.4 is 16.4 Å². The summed E-state index contributed by atoms with van der Waals surface area (Å²) in [5, 5.41) is 3.11. The third kappa shape index (κ3) is 10.4. The minimum atomic E-state index is -0.624. The van der Waals surface area contributed by atoms with Crippen LogP contribution in [0.25, 0.3) is 21.8 Å². The molecule has 292 valence electrons. The fourth-order valence-electron chi connectivity index (χ4n) is 6.40. The van der Waals surface area contributed by atoms with Crippen molar-refractivity contribution in [1.82, 2.24) is 40.0 Å². The standard InChI is InChI=1S/C21H27FN4O4.C16H19FN4O2.ClH/c1-13-12-25(20(29)30-21(2,3)4)10-11-26(13)17(27)9-8-16-23-15-7-5-6-14(22)18(15)19(28)24-16;1-10-9-18-7-8-21(10)14(22)6-5-13-19-12-4-2-3-11(17)15(12)16(23)20-13;/h5-7,13H,8-12H2,1-4H3,(H,23,24,28);2-4,10,18H,5-9H2,1H3,(H,19,20,23);1H/t13-;10-;/m00./s1. The van der Waals surface area contributed by atoms with Gasteiger partial charge < -0.3 is 34.7 Å². The SMILES string of the molecule is C[C@H]1CN(C(=O)OC(C)(C)C)CCN1C(=O)CCc1nc2cccc(F)c2c(=O)[nH]1.C[C@H]1CNCCN1C(=O)CCc1nc2cccc(F)c2c(=O)[nH]1.Cl. The molecule has 2 aromatic heterocycles. The number of fused-ring (bicyclic) bond motifs is 2. The summed E-state index contributed by atoms with van der Waals surface area (Å²) in [6.45, 7) is 12.8. The van der Waals surface area contributed by atoms with Crippen LogP contribution in [-0.2, 0) is 27.2 Å². The van der Waals surface area contributed by atoms with Gasteiger partial charge in [0, 0.05) is 77.0 Å². The van der Waals surface area contributed by atoms with Crippen LogP contribution in [0.3, 0.4) is 0 Å². The summed E-state index contributed by atoms with van der Waals surface area (Å²) < 4.78 is 32.8. The van der Waals surface area contributed by atoms with Gasteiger partial charge >= 0.3 is 6.09 Å². The maximum Gasteiger partial charge on any atom is 0.410 e. The summed E-state index contributed by atoms with van der Waals surface area (Å²) in [5.74, 6) is -0.515. The van der Waals surface area contributed by atoms with Crippen molar-refractivity contribution in [2.75, 3.05) is 39.3 Å². The molecule has 4 aromatic rings. The van der Waals surface area contributed by atoms with Gasteiger partial charge in [-0.3, -0.25) is 19.2 Å². The number of hydrogen-bond acceptors (Lipinski definition) is 9. The summed E-state index contributed by atoms with van der Waals surface area (Å²) >= 11 is 0. The number of aromatic nitrogens is 4. The summed E-state index contributed by atoms with van der Waals surface area (Å²) in [4.78, 5) is 80.2. The van der Waals surface area contributed by atoms with Crippen LogP contribution in [0.4, 0.5) is 13.6 Å². The number of rotatable bonds is 6. The van der Waals surface area contributed by atoms with Gasteiger partial charge in [0.25, 0.3) is 11.1 Å². The Hall–Kier alpha value is -4.96. The molecule has 17 heteroatoms. The monoisotopic (exact) mass is 772 g/mol. The predicted octanol–water partition coefficient (Wildman–Crippen LogP) is 3.70. The second kappa shape index (κ2) is 17.9. The zero-order chi connectivity index (χ0) is 38.4. The number of carbonyl (C=O) groups excluding carboxylic acids is 3. The molecular formula is C37H47ClF2N8O6. The first-order valence-electron chi connectivity index (χ1n) is 17.7. The largest absolute Gasteiger partial charge is 0.444 e. The number of amides is 3. The molecule has 0 unspecified atom stereocenters. The number of nitrogens with one attached hydrogen (secondary N) is 3. The van der Waals surface area contributed by atoms with Gasteiger partial charge in [0.05, 0.1) is 11.0 Å². The van der Waals surface area contributed by atoms with E-state index in [0.717, 1.165) is 13.1 Å². The molecule has 2 aliphatic heterocycles. The van der Waals surface area contributed by atoms with Crippen LogP contribution >= 0.6 is 12.4 Å². The third-order valence-corrected chi connectivity index (χ3v) is 9.04. The van der Waals surface area contributed by atoms with E-state index in [-0.39, 0.29) is 77.9 Å². The predicted molar refractivity (Wildman–Crippen MR) is 202 cm³/mol. The van der Waals surface area contributed by atoms with E-state index in [4.69, 9.17) is 4.74 Å². The van der Waals surface area contributed by atoms with E-state index < -0.39 is 28.4 Å². The Bertz CT molecular complexity index is 2110. The number of aromatic amines is 2. The molecule has 14 nitrogen and oxygen atoms in total. The second-order valence-electron chi connectivity index (χ2n) is 14.3. The van der Waals surface area contributed by atoms with E-state index in [0.29, 0.717) is 49.8 Å². The first-order chi connectivity index (χ1) is 25.1. The average Bonchev–Trinajstić information content (AvgIpc) is 3.09. The molecule has 0 aliphatic carbocycles. The van der Waals surface area contributed by atoms with Crippen LogP contribution in [0, 0.1) is 11.6 Å². The number of aryl methyl sites for hydroxylation is 2. The van der Waals surface area contributed by atoms with Crippen LogP contribution in [0.1, 0.15) is 59.1 Å². The lowest BCUT2D eigenvalue weighted by Gasteiger charge is -2.40. The lowest BCUT2D eigenvalue weighted by molar-refractivity contribution is -0.135. The summed E-state index contributed by atoms with van der Waals surface area (Å²) in [5.41, 5.74) is -1.06. The fourth-order valence-corrected chi connectivity index (χ4v) is 6.40. The van der Waals surface area contributed by atoms with Crippen molar-refractivity contribution in [1.29, 1.82) is 0 Å². The lowest BCUT2D eigenvalue weighted by atomic mass is 10.1. The van der Waals surface area contributed by atoms with Gasteiger partial charge in [-0.1, -0.05) is 12.1 Å². The smallest absolute Gasteiger partial charge is 0.410 e. The Morgan fingerprint density at radius 1 is 0.796 bits per heavy atom. The number of ether oxygens (including phenoxy) is 1. The number of carbonyl (C=O) groups is 3. The van der Waals surface area contributed by atoms with Crippen molar-refractivity contribution in [3.8, 4) is 0 Å². The van der Waals surface area contributed by atoms with Crippen molar-refractivity contribution in [3.05, 3.63) is 80.4 Å². The molecule has 2 aliphatic rings. The number of hydrogen-bond donors (Lipinski definition) is 3. The van der Waals surface area contributed by atoms with Crippen molar-refractivity contribution in [2.24, 2.45) is 0 Å². The lowest BCUT2D eigenvalue weighted by Crippen LogP contribution is -2.56. The summed E-state index contributed by atoms with van der Waals surface area (Å²) in [6.07, 6.45) is 0.609. The molecule has 3 amide bonds. The summed E-state index contributed by atoms with van der Waals surface area (Å²) in [7, 11) is 0. The van der Waals surface area contributed by atoms with Crippen molar-refractivity contribution < 1.29 is 27.9 Å². The van der Waals surface area contributed by atoms with Crippen LogP contribution in [0.2, 0.25) is 0 Å². The first-order valence-corrected chi connectivity index (χ1v) is 17.7. The molecule has 2 saturated heterocycles. The Morgan fingerprint density at radius 2 is 1.30 bits per heavy atom. The minimum Gasteiger partial charge on any atom is -0.444 e. The highest BCUT2D eigenvalue weighted by Gasteiger charge is 2.32. The second-order valence-corrected chi connectivity index (χ2v) is 14.3. The highest BCUT2D eigenvalue weighted by Crippen LogP contribution is 2.17. The number of piperazine rings is 2. The highest BCUT2D eigenvalue weighted by atomic mass is 35.5. The number of benzene rings is 2. The molecule has 4 heterocycles. The molecule has 2 atom stereocenters. The quantitative estimate of drug-likeness (QED) is 0.264. The van der Waals surface area contributed by atoms with Gasteiger partial charge in [0.2, 0.25) is 11.8 Å². The molecule has 54 heavy (non-hydrogen) atoms. The van der Waals surface area contributed by atoms with Gasteiger partial charge in [0.1, 0.15) is 39.7 Å². The Balaban J connectivity index is 0.000000244. The van der Waals surface area contributed by atoms with E-state index in [9.17, 15) is 32.8 Å². The third-order valence-electron chi connectivity index (χ3n) is 9.04. The molecular weight excluding hydrogens is 726 g/mol. The number of nitrogens with zero attached hydrogens (tertiary/aromatic N) is 5. The van der Waals surface area contributed by atoms with E-state index >= 15 is 0 Å². The Morgan fingerprint density at radius 3 is 1.76 bits per heavy atom. The van der Waals surface area contributed by atoms with E-state index in [1.807, 2.05) is 39.5 Å². The van der Waals surface area contributed by atoms with Gasteiger partial charge in [-0.05, 0) is 58.9 Å². The highest BCUT2D eigenvalue weighted by molar-refractivity contribution is 5.85. The molecule has 2 fully saturated rings. The Kier molecular flexibility index (Phi) is 13.9. The Labute approximate surface area is 317 Å². The zero-order valence-corrected chi connectivity index (χ0v) is 31.9. The maximum atomic E-state index is 13.8. The first kappa shape index (κ1) is 41.8.